The molecule has 0 radical (unpaired) electrons. The molecule has 0 amide bonds. The first-order valence-corrected chi connectivity index (χ1v) is 8.20. The van der Waals surface area contributed by atoms with Gasteiger partial charge in [0.15, 0.2) is 5.96 Å². The summed E-state index contributed by atoms with van der Waals surface area (Å²) in [7, 11) is 2.08. The molecular weight excluding hydrogens is 274 g/mol. The van der Waals surface area contributed by atoms with E-state index in [2.05, 4.69) is 74.2 Å². The average molecular weight is 305 g/mol. The summed E-state index contributed by atoms with van der Waals surface area (Å²) in [5.41, 5.74) is 2.65. The summed E-state index contributed by atoms with van der Waals surface area (Å²) in [5.74, 6) is 0.954. The lowest BCUT2D eigenvalue weighted by molar-refractivity contribution is 0.0782. The van der Waals surface area contributed by atoms with Crippen LogP contribution >= 0.6 is 0 Å². The molecule has 0 aromatic heterocycles. The Balaban J connectivity index is 2.55. The van der Waals surface area contributed by atoms with Crippen LogP contribution in [-0.2, 0) is 11.3 Å². The second-order valence-corrected chi connectivity index (χ2v) is 5.79. The Morgan fingerprint density at radius 2 is 2.05 bits per heavy atom. The third-order valence-electron chi connectivity index (χ3n) is 3.38. The van der Waals surface area contributed by atoms with Gasteiger partial charge in [-0.15, -0.1) is 0 Å². The first-order chi connectivity index (χ1) is 10.5. The number of rotatable bonds is 8. The highest BCUT2D eigenvalue weighted by Crippen LogP contribution is 2.09. The molecule has 1 aromatic rings. The van der Waals surface area contributed by atoms with E-state index in [-0.39, 0.29) is 0 Å². The summed E-state index contributed by atoms with van der Waals surface area (Å²) < 4.78 is 5.55. The van der Waals surface area contributed by atoms with Crippen molar-refractivity contribution in [2.24, 2.45) is 4.99 Å². The Labute approximate surface area is 135 Å². The molecule has 0 saturated carbocycles. The molecule has 0 aliphatic heterocycles. The van der Waals surface area contributed by atoms with Gasteiger partial charge in [0.25, 0.3) is 0 Å². The molecule has 1 rings (SSSR count). The predicted octanol–water partition coefficient (Wildman–Crippen LogP) is 3.21. The van der Waals surface area contributed by atoms with Gasteiger partial charge in [-0.3, -0.25) is 4.99 Å². The molecule has 4 nitrogen and oxygen atoms in total. The molecule has 0 fully saturated rings. The van der Waals surface area contributed by atoms with Crippen molar-refractivity contribution in [1.82, 2.24) is 10.2 Å². The first-order valence-electron chi connectivity index (χ1n) is 8.20. The SMILES string of the molecule is CCNC(=NCCCOC(C)C)N(C)Cc1ccccc1C. The van der Waals surface area contributed by atoms with E-state index in [1.54, 1.807) is 0 Å². The topological polar surface area (TPSA) is 36.9 Å². The van der Waals surface area contributed by atoms with E-state index < -0.39 is 0 Å². The van der Waals surface area contributed by atoms with Crippen LogP contribution in [0.15, 0.2) is 29.3 Å². The minimum Gasteiger partial charge on any atom is -0.379 e. The summed E-state index contributed by atoms with van der Waals surface area (Å²) in [4.78, 5) is 6.86. The minimum atomic E-state index is 0.293. The van der Waals surface area contributed by atoms with Crippen molar-refractivity contribution < 1.29 is 4.74 Å². The van der Waals surface area contributed by atoms with E-state index in [4.69, 9.17) is 4.74 Å². The summed E-state index contributed by atoms with van der Waals surface area (Å²) in [6, 6.07) is 8.48. The molecule has 0 unspecified atom stereocenters. The van der Waals surface area contributed by atoms with Gasteiger partial charge in [-0.1, -0.05) is 24.3 Å². The summed E-state index contributed by atoms with van der Waals surface area (Å²) in [5, 5.41) is 3.36. The van der Waals surface area contributed by atoms with E-state index >= 15 is 0 Å². The highest BCUT2D eigenvalue weighted by molar-refractivity contribution is 5.79. The average Bonchev–Trinajstić information content (AvgIpc) is 2.47. The normalized spacial score (nSPS) is 11.8. The number of hydrogen-bond donors (Lipinski definition) is 1. The number of nitrogens with zero attached hydrogens (tertiary/aromatic N) is 2. The minimum absolute atomic E-state index is 0.293. The maximum absolute atomic E-state index is 5.55. The van der Waals surface area contributed by atoms with Crippen LogP contribution in [0.4, 0.5) is 0 Å². The van der Waals surface area contributed by atoms with Gasteiger partial charge in [0.05, 0.1) is 6.10 Å². The Morgan fingerprint density at radius 3 is 2.68 bits per heavy atom. The third-order valence-corrected chi connectivity index (χ3v) is 3.38. The van der Waals surface area contributed by atoms with Crippen molar-refractivity contribution in [2.45, 2.75) is 46.8 Å². The lowest BCUT2D eigenvalue weighted by Gasteiger charge is -2.23. The van der Waals surface area contributed by atoms with Crippen molar-refractivity contribution >= 4 is 5.96 Å². The molecular formula is C18H31N3O. The molecule has 1 N–H and O–H groups in total. The molecule has 0 aliphatic carbocycles. The van der Waals surface area contributed by atoms with Gasteiger partial charge < -0.3 is 15.0 Å². The Morgan fingerprint density at radius 1 is 1.32 bits per heavy atom. The molecule has 0 spiro atoms. The largest absolute Gasteiger partial charge is 0.379 e. The number of aliphatic imine (C=N–C) groups is 1. The van der Waals surface area contributed by atoms with Crippen LogP contribution in [0.2, 0.25) is 0 Å². The number of guanidine groups is 1. The molecule has 4 heteroatoms. The zero-order chi connectivity index (χ0) is 16.4. The lowest BCUT2D eigenvalue weighted by Crippen LogP contribution is -2.38. The number of aryl methyl sites for hydroxylation is 1. The summed E-state index contributed by atoms with van der Waals surface area (Å²) in [6.07, 6.45) is 1.24. The number of nitrogens with one attached hydrogen (secondary N) is 1. The first kappa shape index (κ1) is 18.5. The molecule has 0 atom stereocenters. The van der Waals surface area contributed by atoms with Crippen LogP contribution in [0.25, 0.3) is 0 Å². The second-order valence-electron chi connectivity index (χ2n) is 5.79. The molecule has 1 aromatic carbocycles. The van der Waals surface area contributed by atoms with Gasteiger partial charge in [-0.25, -0.2) is 0 Å². The van der Waals surface area contributed by atoms with Crippen molar-refractivity contribution in [3.05, 3.63) is 35.4 Å². The quantitative estimate of drug-likeness (QED) is 0.455. The Bertz CT molecular complexity index is 457. The summed E-state index contributed by atoms with van der Waals surface area (Å²) in [6.45, 7) is 11.7. The second kappa shape index (κ2) is 10.2. The fourth-order valence-electron chi connectivity index (χ4n) is 2.16. The molecule has 22 heavy (non-hydrogen) atoms. The lowest BCUT2D eigenvalue weighted by atomic mass is 10.1. The van der Waals surface area contributed by atoms with E-state index in [0.717, 1.165) is 38.6 Å². The highest BCUT2D eigenvalue weighted by Gasteiger charge is 2.07. The van der Waals surface area contributed by atoms with Crippen LogP contribution < -0.4 is 5.32 Å². The van der Waals surface area contributed by atoms with E-state index in [1.165, 1.54) is 11.1 Å². The van der Waals surface area contributed by atoms with Crippen molar-refractivity contribution in [2.75, 3.05) is 26.7 Å². The van der Waals surface area contributed by atoms with Crippen LogP contribution in [0.3, 0.4) is 0 Å². The Kier molecular flexibility index (Phi) is 8.60. The van der Waals surface area contributed by atoms with E-state index in [9.17, 15) is 0 Å². The van der Waals surface area contributed by atoms with Gasteiger partial charge in [0.1, 0.15) is 0 Å². The predicted molar refractivity (Wildman–Crippen MR) is 94.3 cm³/mol. The fraction of sp³-hybridized carbons (Fsp3) is 0.611. The fourth-order valence-corrected chi connectivity index (χ4v) is 2.16. The molecule has 0 heterocycles. The number of benzene rings is 1. The van der Waals surface area contributed by atoms with E-state index in [1.807, 2.05) is 0 Å². The Hall–Kier alpha value is -1.55. The molecule has 0 aliphatic rings. The standard InChI is InChI=1S/C18H31N3O/c1-6-19-18(20-12-9-13-22-15(2)3)21(5)14-17-11-8-7-10-16(17)4/h7-8,10-11,15H,6,9,12-14H2,1-5H3,(H,19,20). The zero-order valence-electron chi connectivity index (χ0n) is 14.7. The smallest absolute Gasteiger partial charge is 0.193 e. The van der Waals surface area contributed by atoms with E-state index in [0.29, 0.717) is 6.10 Å². The number of ether oxygens (including phenoxy) is 1. The van der Waals surface area contributed by atoms with Crippen LogP contribution in [0.1, 0.15) is 38.3 Å². The van der Waals surface area contributed by atoms with Crippen molar-refractivity contribution in [3.8, 4) is 0 Å². The van der Waals surface area contributed by atoms with Crippen molar-refractivity contribution in [3.63, 3.8) is 0 Å². The van der Waals surface area contributed by atoms with Gasteiger partial charge >= 0.3 is 0 Å². The third kappa shape index (κ3) is 6.94. The van der Waals surface area contributed by atoms with Gasteiger partial charge in [0, 0.05) is 33.3 Å². The molecule has 124 valence electrons. The maximum atomic E-state index is 5.55. The molecule has 0 saturated heterocycles. The zero-order valence-corrected chi connectivity index (χ0v) is 14.7. The van der Waals surface area contributed by atoms with Gasteiger partial charge in [-0.2, -0.15) is 0 Å². The van der Waals surface area contributed by atoms with Gasteiger partial charge in [-0.05, 0) is 45.2 Å². The number of hydrogen-bond acceptors (Lipinski definition) is 2. The van der Waals surface area contributed by atoms with Crippen LogP contribution in [0, 0.1) is 6.92 Å². The van der Waals surface area contributed by atoms with Crippen LogP contribution in [0.5, 0.6) is 0 Å². The summed E-state index contributed by atoms with van der Waals surface area (Å²) >= 11 is 0. The van der Waals surface area contributed by atoms with Crippen LogP contribution in [-0.4, -0.2) is 43.7 Å². The van der Waals surface area contributed by atoms with Crippen molar-refractivity contribution in [1.29, 1.82) is 0 Å². The molecule has 0 bridgehead atoms. The van der Waals surface area contributed by atoms with Gasteiger partial charge in [0.2, 0.25) is 0 Å². The highest BCUT2D eigenvalue weighted by atomic mass is 16.5. The maximum Gasteiger partial charge on any atom is 0.193 e. The monoisotopic (exact) mass is 305 g/mol.